The number of ether oxygens (including phenoxy) is 1. The summed E-state index contributed by atoms with van der Waals surface area (Å²) in [6, 6.07) is 0.275. The predicted molar refractivity (Wildman–Crippen MR) is 61.1 cm³/mol. The maximum atomic E-state index is 11.7. The van der Waals surface area contributed by atoms with Gasteiger partial charge in [-0.2, -0.15) is 0 Å². The molecule has 0 spiro atoms. The number of carbonyl (C=O) groups excluding carboxylic acids is 1. The molecule has 0 aromatic carbocycles. The molecule has 0 atom stereocenters. The van der Waals surface area contributed by atoms with E-state index in [1.165, 1.54) is 0 Å². The van der Waals surface area contributed by atoms with Crippen LogP contribution in [0.25, 0.3) is 0 Å². The number of hydrogen-bond acceptors (Lipinski definition) is 2. The van der Waals surface area contributed by atoms with Crippen molar-refractivity contribution in [2.45, 2.75) is 45.8 Å². The van der Waals surface area contributed by atoms with Crippen LogP contribution in [0.1, 0.15) is 33.6 Å². The molecule has 88 valence electrons. The van der Waals surface area contributed by atoms with E-state index < -0.39 is 5.41 Å². The third-order valence-electron chi connectivity index (χ3n) is 2.78. The number of alkyl halides is 1. The molecule has 1 N–H and O–H groups in total. The van der Waals surface area contributed by atoms with Crippen LogP contribution in [0.5, 0.6) is 0 Å². The average molecular weight is 234 g/mol. The highest BCUT2D eigenvalue weighted by Gasteiger charge is 2.34. The van der Waals surface area contributed by atoms with Crippen molar-refractivity contribution >= 4 is 17.5 Å². The topological polar surface area (TPSA) is 38.3 Å². The van der Waals surface area contributed by atoms with Gasteiger partial charge in [0.1, 0.15) is 0 Å². The molecule has 0 saturated heterocycles. The van der Waals surface area contributed by atoms with Crippen LogP contribution in [-0.2, 0) is 9.53 Å². The molecule has 15 heavy (non-hydrogen) atoms. The van der Waals surface area contributed by atoms with E-state index in [-0.39, 0.29) is 11.9 Å². The number of halogens is 1. The minimum Gasteiger partial charge on any atom is -0.378 e. The smallest absolute Gasteiger partial charge is 0.227 e. The summed E-state index contributed by atoms with van der Waals surface area (Å²) in [5.41, 5.74) is -0.474. The number of nitrogens with one attached hydrogen (secondary N) is 1. The summed E-state index contributed by atoms with van der Waals surface area (Å²) >= 11 is 5.73. The van der Waals surface area contributed by atoms with Crippen molar-refractivity contribution in [2.75, 3.05) is 12.5 Å². The Bertz CT molecular complexity index is 225. The molecule has 0 heterocycles. The van der Waals surface area contributed by atoms with Gasteiger partial charge in [-0.05, 0) is 33.6 Å². The van der Waals surface area contributed by atoms with Crippen LogP contribution in [0.15, 0.2) is 0 Å². The second-order valence-corrected chi connectivity index (χ2v) is 5.00. The van der Waals surface area contributed by atoms with E-state index in [0.717, 1.165) is 19.4 Å². The van der Waals surface area contributed by atoms with Gasteiger partial charge in [-0.15, -0.1) is 11.6 Å². The van der Waals surface area contributed by atoms with E-state index in [1.54, 1.807) is 0 Å². The van der Waals surface area contributed by atoms with E-state index in [9.17, 15) is 4.79 Å². The van der Waals surface area contributed by atoms with Crippen molar-refractivity contribution in [2.24, 2.45) is 5.41 Å². The summed E-state index contributed by atoms with van der Waals surface area (Å²) in [7, 11) is 0. The molecule has 1 rings (SSSR count). The van der Waals surface area contributed by atoms with Gasteiger partial charge in [-0.25, -0.2) is 0 Å². The fraction of sp³-hybridized carbons (Fsp3) is 0.909. The molecule has 3 nitrogen and oxygen atoms in total. The quantitative estimate of drug-likeness (QED) is 0.737. The first-order chi connectivity index (χ1) is 6.99. The minimum atomic E-state index is -0.474. The standard InChI is InChI=1S/C11H20ClNO2/c1-4-15-9-5-8(6-9)13-10(14)11(2,3)7-12/h8-9H,4-7H2,1-3H3,(H,13,14). The van der Waals surface area contributed by atoms with Gasteiger partial charge in [0.15, 0.2) is 0 Å². The summed E-state index contributed by atoms with van der Waals surface area (Å²) in [5.74, 6) is 0.387. The van der Waals surface area contributed by atoms with E-state index in [2.05, 4.69) is 5.32 Å². The average Bonchev–Trinajstić information content (AvgIpc) is 2.14. The zero-order valence-electron chi connectivity index (χ0n) is 9.68. The molecule has 0 radical (unpaired) electrons. The van der Waals surface area contributed by atoms with Gasteiger partial charge in [0.25, 0.3) is 0 Å². The highest BCUT2D eigenvalue weighted by molar-refractivity contribution is 6.19. The third kappa shape index (κ3) is 3.35. The van der Waals surface area contributed by atoms with Crippen molar-refractivity contribution in [1.82, 2.24) is 5.32 Å². The normalized spacial score (nSPS) is 25.9. The zero-order valence-corrected chi connectivity index (χ0v) is 10.4. The van der Waals surface area contributed by atoms with Crippen molar-refractivity contribution < 1.29 is 9.53 Å². The summed E-state index contributed by atoms with van der Waals surface area (Å²) < 4.78 is 5.42. The Morgan fingerprint density at radius 2 is 2.13 bits per heavy atom. The molecular weight excluding hydrogens is 214 g/mol. The lowest BCUT2D eigenvalue weighted by Crippen LogP contribution is -2.51. The lowest BCUT2D eigenvalue weighted by atomic mass is 9.87. The molecular formula is C11H20ClNO2. The van der Waals surface area contributed by atoms with E-state index in [1.807, 2.05) is 20.8 Å². The summed E-state index contributed by atoms with van der Waals surface area (Å²) in [6.07, 6.45) is 2.19. The van der Waals surface area contributed by atoms with Crippen molar-refractivity contribution in [1.29, 1.82) is 0 Å². The molecule has 0 aliphatic heterocycles. The molecule has 1 fully saturated rings. The van der Waals surface area contributed by atoms with Crippen LogP contribution in [0, 0.1) is 5.41 Å². The van der Waals surface area contributed by atoms with E-state index in [0.29, 0.717) is 12.0 Å². The molecule has 0 aromatic heterocycles. The molecule has 1 aliphatic rings. The Labute approximate surface area is 96.5 Å². The molecule has 1 saturated carbocycles. The van der Waals surface area contributed by atoms with Crippen LogP contribution >= 0.6 is 11.6 Å². The van der Waals surface area contributed by atoms with Gasteiger partial charge in [0.05, 0.1) is 11.5 Å². The first kappa shape index (κ1) is 12.8. The molecule has 1 amide bonds. The van der Waals surface area contributed by atoms with Crippen LogP contribution in [0.3, 0.4) is 0 Å². The Morgan fingerprint density at radius 1 is 1.53 bits per heavy atom. The van der Waals surface area contributed by atoms with E-state index in [4.69, 9.17) is 16.3 Å². The Kier molecular flexibility index (Phi) is 4.41. The first-order valence-corrected chi connectivity index (χ1v) is 6.01. The highest BCUT2D eigenvalue weighted by Crippen LogP contribution is 2.25. The number of hydrogen-bond donors (Lipinski definition) is 1. The summed E-state index contributed by atoms with van der Waals surface area (Å²) in [4.78, 5) is 11.7. The van der Waals surface area contributed by atoms with Crippen LogP contribution in [-0.4, -0.2) is 30.5 Å². The van der Waals surface area contributed by atoms with Crippen LogP contribution < -0.4 is 5.32 Å². The van der Waals surface area contributed by atoms with Gasteiger partial charge in [0.2, 0.25) is 5.91 Å². The van der Waals surface area contributed by atoms with Crippen molar-refractivity contribution in [3.8, 4) is 0 Å². The predicted octanol–water partition coefficient (Wildman–Crippen LogP) is 1.94. The minimum absolute atomic E-state index is 0.0393. The van der Waals surface area contributed by atoms with Gasteiger partial charge in [0, 0.05) is 18.5 Å². The van der Waals surface area contributed by atoms with Gasteiger partial charge in [-0.1, -0.05) is 0 Å². The monoisotopic (exact) mass is 233 g/mol. The summed E-state index contributed by atoms with van der Waals surface area (Å²) in [5, 5.41) is 2.99. The third-order valence-corrected chi connectivity index (χ3v) is 3.45. The van der Waals surface area contributed by atoms with Gasteiger partial charge >= 0.3 is 0 Å². The lowest BCUT2D eigenvalue weighted by Gasteiger charge is -2.37. The maximum absolute atomic E-state index is 11.7. The SMILES string of the molecule is CCOC1CC(NC(=O)C(C)(C)CCl)C1. The number of carbonyl (C=O) groups is 1. The fourth-order valence-corrected chi connectivity index (χ4v) is 1.62. The first-order valence-electron chi connectivity index (χ1n) is 5.48. The van der Waals surface area contributed by atoms with Crippen LogP contribution in [0.2, 0.25) is 0 Å². The fourth-order valence-electron chi connectivity index (χ4n) is 1.50. The van der Waals surface area contributed by atoms with Crippen LogP contribution in [0.4, 0.5) is 0 Å². The second-order valence-electron chi connectivity index (χ2n) is 4.74. The Hall–Kier alpha value is -0.280. The number of amides is 1. The van der Waals surface area contributed by atoms with Crippen molar-refractivity contribution in [3.05, 3.63) is 0 Å². The molecule has 4 heteroatoms. The highest BCUT2D eigenvalue weighted by atomic mass is 35.5. The summed E-state index contributed by atoms with van der Waals surface area (Å²) in [6.45, 7) is 6.45. The largest absolute Gasteiger partial charge is 0.378 e. The molecule has 1 aliphatic carbocycles. The molecule has 0 bridgehead atoms. The zero-order chi connectivity index (χ0) is 11.5. The van der Waals surface area contributed by atoms with E-state index >= 15 is 0 Å². The maximum Gasteiger partial charge on any atom is 0.227 e. The van der Waals surface area contributed by atoms with Crippen molar-refractivity contribution in [3.63, 3.8) is 0 Å². The second kappa shape index (κ2) is 5.17. The Balaban J connectivity index is 2.25. The molecule has 0 unspecified atom stereocenters. The van der Waals surface area contributed by atoms with Gasteiger partial charge in [-0.3, -0.25) is 4.79 Å². The Morgan fingerprint density at radius 3 is 2.60 bits per heavy atom. The number of rotatable bonds is 5. The lowest BCUT2D eigenvalue weighted by molar-refractivity contribution is -0.131. The van der Waals surface area contributed by atoms with Gasteiger partial charge < -0.3 is 10.1 Å². The molecule has 0 aromatic rings.